The zero-order valence-electron chi connectivity index (χ0n) is 9.56. The molecule has 1 aromatic rings. The highest BCUT2D eigenvalue weighted by Crippen LogP contribution is 2.21. The van der Waals surface area contributed by atoms with Crippen molar-refractivity contribution in [1.29, 1.82) is 0 Å². The summed E-state index contributed by atoms with van der Waals surface area (Å²) in [5.41, 5.74) is 0.827. The summed E-state index contributed by atoms with van der Waals surface area (Å²) in [4.78, 5) is 4.19. The Balaban J connectivity index is 1.91. The molecule has 16 heavy (non-hydrogen) atoms. The summed E-state index contributed by atoms with van der Waals surface area (Å²) in [6.07, 6.45) is 9.47. The maximum Gasteiger partial charge on any atom is 0.213 e. The van der Waals surface area contributed by atoms with Crippen LogP contribution >= 0.6 is 0 Å². The van der Waals surface area contributed by atoms with Crippen molar-refractivity contribution in [3.63, 3.8) is 0 Å². The van der Waals surface area contributed by atoms with Gasteiger partial charge >= 0.3 is 0 Å². The summed E-state index contributed by atoms with van der Waals surface area (Å²) < 4.78 is 5.84. The Morgan fingerprint density at radius 1 is 1.19 bits per heavy atom. The summed E-state index contributed by atoms with van der Waals surface area (Å²) >= 11 is 0. The zero-order valence-corrected chi connectivity index (χ0v) is 9.56. The fourth-order valence-corrected chi connectivity index (χ4v) is 2.10. The summed E-state index contributed by atoms with van der Waals surface area (Å²) in [6.45, 7) is 0.0384. The standard InChI is InChI=1S/C13H19NO2/c15-10-11-7-8-13(14-9-11)16-12-5-3-1-2-4-6-12/h7-9,12,15H,1-6,10H2. The van der Waals surface area contributed by atoms with Gasteiger partial charge in [0.25, 0.3) is 0 Å². The molecule has 1 fully saturated rings. The van der Waals surface area contributed by atoms with Gasteiger partial charge in [0, 0.05) is 12.3 Å². The van der Waals surface area contributed by atoms with E-state index in [-0.39, 0.29) is 6.61 Å². The number of pyridine rings is 1. The van der Waals surface area contributed by atoms with Crippen LogP contribution < -0.4 is 4.74 Å². The molecule has 1 aromatic heterocycles. The Bertz CT molecular complexity index is 302. The first-order chi connectivity index (χ1) is 7.88. The third-order valence-corrected chi connectivity index (χ3v) is 3.07. The molecule has 0 unspecified atom stereocenters. The molecule has 0 amide bonds. The molecule has 1 aliphatic carbocycles. The number of nitrogens with zero attached hydrogens (tertiary/aromatic N) is 1. The van der Waals surface area contributed by atoms with Gasteiger partial charge in [-0.3, -0.25) is 0 Å². The first-order valence-electron chi connectivity index (χ1n) is 6.11. The summed E-state index contributed by atoms with van der Waals surface area (Å²) in [6, 6.07) is 3.70. The summed E-state index contributed by atoms with van der Waals surface area (Å²) in [7, 11) is 0. The van der Waals surface area contributed by atoms with Crippen molar-refractivity contribution in [3.05, 3.63) is 23.9 Å². The zero-order chi connectivity index (χ0) is 11.2. The van der Waals surface area contributed by atoms with Gasteiger partial charge < -0.3 is 9.84 Å². The lowest BCUT2D eigenvalue weighted by molar-refractivity contribution is 0.176. The Morgan fingerprint density at radius 2 is 1.94 bits per heavy atom. The topological polar surface area (TPSA) is 42.4 Å². The molecule has 1 heterocycles. The lowest BCUT2D eigenvalue weighted by atomic mass is 10.1. The average molecular weight is 221 g/mol. The number of aliphatic hydroxyl groups is 1. The molecule has 1 N–H and O–H groups in total. The van der Waals surface area contributed by atoms with E-state index in [1.54, 1.807) is 6.20 Å². The lowest BCUT2D eigenvalue weighted by Crippen LogP contribution is -2.15. The van der Waals surface area contributed by atoms with Gasteiger partial charge in [-0.1, -0.05) is 12.8 Å². The predicted molar refractivity (Wildman–Crippen MR) is 62.3 cm³/mol. The smallest absolute Gasteiger partial charge is 0.213 e. The molecule has 0 saturated heterocycles. The van der Waals surface area contributed by atoms with E-state index in [4.69, 9.17) is 9.84 Å². The van der Waals surface area contributed by atoms with Crippen molar-refractivity contribution in [2.24, 2.45) is 0 Å². The van der Waals surface area contributed by atoms with E-state index in [1.807, 2.05) is 12.1 Å². The Labute approximate surface area is 96.5 Å². The van der Waals surface area contributed by atoms with Gasteiger partial charge in [-0.05, 0) is 37.3 Å². The minimum absolute atomic E-state index is 0.0384. The number of aromatic nitrogens is 1. The minimum Gasteiger partial charge on any atom is -0.474 e. The molecule has 3 heteroatoms. The van der Waals surface area contributed by atoms with Crippen LogP contribution in [0.4, 0.5) is 0 Å². The molecule has 88 valence electrons. The molecule has 1 saturated carbocycles. The Kier molecular flexibility index (Phi) is 4.17. The van der Waals surface area contributed by atoms with E-state index >= 15 is 0 Å². The number of hydrogen-bond acceptors (Lipinski definition) is 3. The maximum atomic E-state index is 8.91. The van der Waals surface area contributed by atoms with Gasteiger partial charge in [0.05, 0.1) is 6.61 Å². The fraction of sp³-hybridized carbons (Fsp3) is 0.615. The monoisotopic (exact) mass is 221 g/mol. The summed E-state index contributed by atoms with van der Waals surface area (Å²) in [5.74, 6) is 0.684. The van der Waals surface area contributed by atoms with Crippen molar-refractivity contribution in [2.75, 3.05) is 0 Å². The van der Waals surface area contributed by atoms with Crippen LogP contribution in [0, 0.1) is 0 Å². The van der Waals surface area contributed by atoms with Crippen molar-refractivity contribution in [2.45, 2.75) is 51.2 Å². The Hall–Kier alpha value is -1.09. The summed E-state index contributed by atoms with van der Waals surface area (Å²) in [5, 5.41) is 8.91. The molecule has 1 aliphatic rings. The average Bonchev–Trinajstić information content (AvgIpc) is 2.59. The molecular formula is C13H19NO2. The first-order valence-corrected chi connectivity index (χ1v) is 6.11. The molecule has 0 bridgehead atoms. The molecule has 0 spiro atoms. The Morgan fingerprint density at radius 3 is 2.50 bits per heavy atom. The number of rotatable bonds is 3. The van der Waals surface area contributed by atoms with Gasteiger partial charge in [0.1, 0.15) is 6.10 Å². The minimum atomic E-state index is 0.0384. The van der Waals surface area contributed by atoms with Crippen molar-refractivity contribution in [3.8, 4) is 5.88 Å². The van der Waals surface area contributed by atoms with Gasteiger partial charge in [-0.25, -0.2) is 4.98 Å². The van der Waals surface area contributed by atoms with E-state index in [9.17, 15) is 0 Å². The molecule has 0 aromatic carbocycles. The largest absolute Gasteiger partial charge is 0.474 e. The van der Waals surface area contributed by atoms with Gasteiger partial charge in [0.2, 0.25) is 5.88 Å². The van der Waals surface area contributed by atoms with Crippen LogP contribution in [-0.2, 0) is 6.61 Å². The predicted octanol–water partition coefficient (Wildman–Crippen LogP) is 2.68. The van der Waals surface area contributed by atoms with Crippen LogP contribution in [0.1, 0.15) is 44.1 Å². The van der Waals surface area contributed by atoms with Crippen molar-refractivity contribution < 1.29 is 9.84 Å². The molecule has 0 radical (unpaired) electrons. The molecular weight excluding hydrogens is 202 g/mol. The van der Waals surface area contributed by atoms with Crippen LogP contribution in [-0.4, -0.2) is 16.2 Å². The second-order valence-corrected chi connectivity index (χ2v) is 4.39. The number of ether oxygens (including phenoxy) is 1. The SMILES string of the molecule is OCc1ccc(OC2CCCCCC2)nc1. The van der Waals surface area contributed by atoms with Crippen LogP contribution in [0.5, 0.6) is 5.88 Å². The number of aliphatic hydroxyl groups excluding tert-OH is 1. The van der Waals surface area contributed by atoms with E-state index in [2.05, 4.69) is 4.98 Å². The lowest BCUT2D eigenvalue weighted by Gasteiger charge is -2.15. The highest BCUT2D eigenvalue weighted by Gasteiger charge is 2.13. The third kappa shape index (κ3) is 3.20. The second-order valence-electron chi connectivity index (χ2n) is 4.39. The highest BCUT2D eigenvalue weighted by molar-refractivity contribution is 5.17. The normalized spacial score (nSPS) is 18.1. The van der Waals surface area contributed by atoms with E-state index in [0.29, 0.717) is 12.0 Å². The van der Waals surface area contributed by atoms with Gasteiger partial charge in [-0.15, -0.1) is 0 Å². The van der Waals surface area contributed by atoms with Crippen LogP contribution in [0.25, 0.3) is 0 Å². The van der Waals surface area contributed by atoms with E-state index in [0.717, 1.165) is 18.4 Å². The van der Waals surface area contributed by atoms with Crippen molar-refractivity contribution in [1.82, 2.24) is 4.98 Å². The highest BCUT2D eigenvalue weighted by atomic mass is 16.5. The van der Waals surface area contributed by atoms with Gasteiger partial charge in [0.15, 0.2) is 0 Å². The van der Waals surface area contributed by atoms with Crippen LogP contribution in [0.2, 0.25) is 0 Å². The maximum absolute atomic E-state index is 8.91. The third-order valence-electron chi connectivity index (χ3n) is 3.07. The van der Waals surface area contributed by atoms with Gasteiger partial charge in [-0.2, -0.15) is 0 Å². The van der Waals surface area contributed by atoms with E-state index in [1.165, 1.54) is 25.7 Å². The second kappa shape index (κ2) is 5.85. The quantitative estimate of drug-likeness (QED) is 0.798. The molecule has 0 aliphatic heterocycles. The first kappa shape index (κ1) is 11.4. The van der Waals surface area contributed by atoms with Crippen LogP contribution in [0.15, 0.2) is 18.3 Å². The molecule has 0 atom stereocenters. The van der Waals surface area contributed by atoms with Crippen molar-refractivity contribution >= 4 is 0 Å². The van der Waals surface area contributed by atoms with Crippen LogP contribution in [0.3, 0.4) is 0 Å². The van der Waals surface area contributed by atoms with E-state index < -0.39 is 0 Å². The fourth-order valence-electron chi connectivity index (χ4n) is 2.10. The number of hydrogen-bond donors (Lipinski definition) is 1. The molecule has 3 nitrogen and oxygen atoms in total. The molecule has 2 rings (SSSR count).